The Balaban J connectivity index is 1.79. The molecule has 1 N–H and O–H groups in total. The molecule has 108 valence electrons. The van der Waals surface area contributed by atoms with Gasteiger partial charge in [0.05, 0.1) is 16.8 Å². The largest absolute Gasteiger partial charge is 0.392 e. The minimum Gasteiger partial charge on any atom is -0.392 e. The van der Waals surface area contributed by atoms with Crippen LogP contribution >= 0.6 is 11.3 Å². The summed E-state index contributed by atoms with van der Waals surface area (Å²) in [5.41, 5.74) is 1.23. The molecule has 2 heterocycles. The lowest BCUT2D eigenvalue weighted by atomic mass is 9.95. The Morgan fingerprint density at radius 1 is 1.53 bits per heavy atom. The van der Waals surface area contributed by atoms with Gasteiger partial charge in [0.15, 0.2) is 0 Å². The predicted molar refractivity (Wildman–Crippen MR) is 80.7 cm³/mol. The number of hydrogen-bond acceptors (Lipinski definition) is 4. The molecule has 1 aliphatic rings. The van der Waals surface area contributed by atoms with Crippen LogP contribution in [0.25, 0.3) is 0 Å². The van der Waals surface area contributed by atoms with Crippen LogP contribution in [0.4, 0.5) is 0 Å². The zero-order valence-corrected chi connectivity index (χ0v) is 13.0. The Kier molecular flexibility index (Phi) is 5.79. The van der Waals surface area contributed by atoms with Crippen LogP contribution in [-0.2, 0) is 6.42 Å². The average Bonchev–Trinajstić information content (AvgIpc) is 2.84. The first-order valence-electron chi connectivity index (χ1n) is 7.54. The molecule has 1 fully saturated rings. The molecule has 1 aliphatic heterocycles. The molecular formula is C15H26N2OS. The lowest BCUT2D eigenvalue weighted by Gasteiger charge is -2.38. The highest BCUT2D eigenvalue weighted by Crippen LogP contribution is 2.22. The van der Waals surface area contributed by atoms with E-state index in [1.54, 1.807) is 11.3 Å². The van der Waals surface area contributed by atoms with E-state index in [9.17, 15) is 5.11 Å². The van der Waals surface area contributed by atoms with E-state index in [2.05, 4.69) is 29.1 Å². The fraction of sp³-hybridized carbons (Fsp3) is 0.800. The third kappa shape index (κ3) is 4.26. The Labute approximate surface area is 120 Å². The van der Waals surface area contributed by atoms with Crippen LogP contribution in [0.1, 0.15) is 49.7 Å². The summed E-state index contributed by atoms with van der Waals surface area (Å²) in [6, 6.07) is 0.385. The quantitative estimate of drug-likeness (QED) is 0.871. The summed E-state index contributed by atoms with van der Waals surface area (Å²) < 4.78 is 0. The Bertz CT molecular complexity index is 380. The standard InChI is InChI=1S/C15H26N2OS/c1-3-15(18)14-8-4-5-9-17(14)10-6-7-13-11-19-12(2)16-13/h11,14-15,18H,3-10H2,1-2H3. The molecular weight excluding hydrogens is 256 g/mol. The lowest BCUT2D eigenvalue weighted by Crippen LogP contribution is -2.47. The SMILES string of the molecule is CCC(O)C1CCCCN1CCCc1csc(C)n1. The third-order valence-electron chi connectivity index (χ3n) is 4.07. The van der Waals surface area contributed by atoms with Gasteiger partial charge in [0.25, 0.3) is 0 Å². The van der Waals surface area contributed by atoms with E-state index in [0.717, 1.165) is 43.8 Å². The van der Waals surface area contributed by atoms with E-state index in [1.165, 1.54) is 18.5 Å². The number of aliphatic hydroxyl groups excluding tert-OH is 1. The summed E-state index contributed by atoms with van der Waals surface area (Å²) in [5, 5.41) is 13.5. The first kappa shape index (κ1) is 14.9. The van der Waals surface area contributed by atoms with Gasteiger partial charge in [-0.15, -0.1) is 11.3 Å². The fourth-order valence-corrected chi connectivity index (χ4v) is 3.64. The van der Waals surface area contributed by atoms with Crippen LogP contribution in [0.15, 0.2) is 5.38 Å². The molecule has 4 heteroatoms. The van der Waals surface area contributed by atoms with Crippen molar-refractivity contribution in [3.8, 4) is 0 Å². The summed E-state index contributed by atoms with van der Waals surface area (Å²) in [5.74, 6) is 0. The Morgan fingerprint density at radius 3 is 3.05 bits per heavy atom. The Morgan fingerprint density at radius 2 is 2.37 bits per heavy atom. The van der Waals surface area contributed by atoms with Gasteiger partial charge in [-0.05, 0) is 52.1 Å². The maximum atomic E-state index is 10.1. The molecule has 1 aromatic heterocycles. The number of aliphatic hydroxyl groups is 1. The molecule has 3 nitrogen and oxygen atoms in total. The van der Waals surface area contributed by atoms with E-state index >= 15 is 0 Å². The monoisotopic (exact) mass is 282 g/mol. The van der Waals surface area contributed by atoms with Gasteiger partial charge in [0.2, 0.25) is 0 Å². The first-order valence-corrected chi connectivity index (χ1v) is 8.41. The third-order valence-corrected chi connectivity index (χ3v) is 4.89. The normalized spacial score (nSPS) is 22.6. The number of nitrogens with zero attached hydrogens (tertiary/aromatic N) is 2. The van der Waals surface area contributed by atoms with Crippen molar-refractivity contribution in [2.75, 3.05) is 13.1 Å². The maximum absolute atomic E-state index is 10.1. The van der Waals surface area contributed by atoms with E-state index in [4.69, 9.17) is 0 Å². The molecule has 2 rings (SSSR count). The van der Waals surface area contributed by atoms with E-state index < -0.39 is 0 Å². The molecule has 1 saturated heterocycles. The van der Waals surface area contributed by atoms with Gasteiger partial charge in [-0.3, -0.25) is 4.90 Å². The second-order valence-corrected chi connectivity index (χ2v) is 6.60. The van der Waals surface area contributed by atoms with Gasteiger partial charge < -0.3 is 5.11 Å². The second kappa shape index (κ2) is 7.36. The van der Waals surface area contributed by atoms with Crippen molar-refractivity contribution in [3.63, 3.8) is 0 Å². The van der Waals surface area contributed by atoms with Gasteiger partial charge in [0, 0.05) is 11.4 Å². The first-order chi connectivity index (χ1) is 9.20. The minimum atomic E-state index is -0.151. The van der Waals surface area contributed by atoms with Crippen LogP contribution in [0.5, 0.6) is 0 Å². The highest BCUT2D eigenvalue weighted by molar-refractivity contribution is 7.09. The van der Waals surface area contributed by atoms with Gasteiger partial charge in [-0.1, -0.05) is 13.3 Å². The zero-order chi connectivity index (χ0) is 13.7. The van der Waals surface area contributed by atoms with E-state index in [-0.39, 0.29) is 6.10 Å². The molecule has 2 atom stereocenters. The van der Waals surface area contributed by atoms with Crippen molar-refractivity contribution < 1.29 is 5.11 Å². The van der Waals surface area contributed by atoms with Crippen LogP contribution in [-0.4, -0.2) is 40.2 Å². The number of piperidine rings is 1. The second-order valence-electron chi connectivity index (χ2n) is 5.54. The molecule has 0 aliphatic carbocycles. The Hall–Kier alpha value is -0.450. The highest BCUT2D eigenvalue weighted by Gasteiger charge is 2.27. The fourth-order valence-electron chi connectivity index (χ4n) is 2.99. The minimum absolute atomic E-state index is 0.151. The number of likely N-dealkylation sites (tertiary alicyclic amines) is 1. The van der Waals surface area contributed by atoms with E-state index in [0.29, 0.717) is 6.04 Å². The van der Waals surface area contributed by atoms with Crippen LogP contribution in [0.3, 0.4) is 0 Å². The smallest absolute Gasteiger partial charge is 0.0897 e. The maximum Gasteiger partial charge on any atom is 0.0897 e. The summed E-state index contributed by atoms with van der Waals surface area (Å²) in [4.78, 5) is 7.01. The summed E-state index contributed by atoms with van der Waals surface area (Å²) in [7, 11) is 0. The topological polar surface area (TPSA) is 36.4 Å². The van der Waals surface area contributed by atoms with Crippen molar-refractivity contribution in [1.82, 2.24) is 9.88 Å². The number of thiazole rings is 1. The van der Waals surface area contributed by atoms with Crippen LogP contribution < -0.4 is 0 Å². The number of aromatic nitrogens is 1. The number of aryl methyl sites for hydroxylation is 2. The molecule has 2 unspecified atom stereocenters. The van der Waals surface area contributed by atoms with Crippen molar-refractivity contribution in [2.45, 2.75) is 64.5 Å². The summed E-state index contributed by atoms with van der Waals surface area (Å²) >= 11 is 1.73. The van der Waals surface area contributed by atoms with Crippen molar-refractivity contribution in [2.24, 2.45) is 0 Å². The highest BCUT2D eigenvalue weighted by atomic mass is 32.1. The van der Waals surface area contributed by atoms with E-state index in [1.807, 2.05) is 0 Å². The molecule has 0 radical (unpaired) electrons. The molecule has 0 bridgehead atoms. The molecule has 0 aromatic carbocycles. The van der Waals surface area contributed by atoms with Crippen molar-refractivity contribution in [3.05, 3.63) is 16.1 Å². The van der Waals surface area contributed by atoms with Gasteiger partial charge >= 0.3 is 0 Å². The summed E-state index contributed by atoms with van der Waals surface area (Å²) in [6.07, 6.45) is 6.64. The molecule has 19 heavy (non-hydrogen) atoms. The number of hydrogen-bond donors (Lipinski definition) is 1. The lowest BCUT2D eigenvalue weighted by molar-refractivity contribution is 0.0235. The van der Waals surface area contributed by atoms with Gasteiger partial charge in [-0.25, -0.2) is 4.98 Å². The molecule has 0 saturated carbocycles. The molecule has 0 amide bonds. The number of rotatable bonds is 6. The summed E-state index contributed by atoms with van der Waals surface area (Å²) in [6.45, 7) is 6.39. The van der Waals surface area contributed by atoms with Crippen LogP contribution in [0, 0.1) is 6.92 Å². The van der Waals surface area contributed by atoms with Crippen LogP contribution in [0.2, 0.25) is 0 Å². The molecule has 0 spiro atoms. The predicted octanol–water partition coefficient (Wildman–Crippen LogP) is 3.01. The molecule has 1 aromatic rings. The zero-order valence-electron chi connectivity index (χ0n) is 12.1. The average molecular weight is 282 g/mol. The van der Waals surface area contributed by atoms with Gasteiger partial charge in [0.1, 0.15) is 0 Å². The van der Waals surface area contributed by atoms with Crippen molar-refractivity contribution in [1.29, 1.82) is 0 Å². The van der Waals surface area contributed by atoms with Crippen molar-refractivity contribution >= 4 is 11.3 Å². The van der Waals surface area contributed by atoms with Gasteiger partial charge in [-0.2, -0.15) is 0 Å².